The Kier molecular flexibility index (Phi) is 70.3. The maximum absolute atomic E-state index is 13.1. The summed E-state index contributed by atoms with van der Waals surface area (Å²) >= 11 is 0. The normalized spacial score (nSPS) is 14.2. The molecule has 0 radical (unpaired) electrons. The summed E-state index contributed by atoms with van der Waals surface area (Å²) in [5.74, 6) is -0.583. The van der Waals surface area contributed by atoms with E-state index in [4.69, 9.17) is 37.0 Å². The van der Waals surface area contributed by atoms with Gasteiger partial charge in [0.2, 0.25) is 0 Å². The highest BCUT2D eigenvalue weighted by Gasteiger charge is 2.30. The fourth-order valence-electron chi connectivity index (χ4n) is 12.3. The van der Waals surface area contributed by atoms with Gasteiger partial charge in [-0.25, -0.2) is 9.13 Å². The van der Waals surface area contributed by atoms with Crippen molar-refractivity contribution in [1.29, 1.82) is 0 Å². The largest absolute Gasteiger partial charge is 0.472 e. The van der Waals surface area contributed by atoms with Crippen LogP contribution >= 0.6 is 15.6 Å². The van der Waals surface area contributed by atoms with Crippen LogP contribution in [0, 0.1) is 11.8 Å². The molecule has 0 aromatic rings. The van der Waals surface area contributed by atoms with Crippen molar-refractivity contribution < 1.29 is 80.2 Å². The first-order valence-electron chi connectivity index (χ1n) is 41.5. The van der Waals surface area contributed by atoms with Gasteiger partial charge in [0.25, 0.3) is 0 Å². The van der Waals surface area contributed by atoms with Crippen molar-refractivity contribution in [1.82, 2.24) is 0 Å². The first-order valence-corrected chi connectivity index (χ1v) is 44.5. The van der Waals surface area contributed by atoms with Crippen LogP contribution < -0.4 is 0 Å². The number of unbranched alkanes of at least 4 members (excludes halogenated alkanes) is 48. The third-order valence-electron chi connectivity index (χ3n) is 19.1. The summed E-state index contributed by atoms with van der Waals surface area (Å²) < 4.78 is 68.7. The molecule has 0 saturated heterocycles. The van der Waals surface area contributed by atoms with Crippen molar-refractivity contribution in [3.8, 4) is 0 Å². The summed E-state index contributed by atoms with van der Waals surface area (Å²) in [7, 11) is -9.92. The maximum atomic E-state index is 13.1. The summed E-state index contributed by atoms with van der Waals surface area (Å²) in [6, 6.07) is 0. The predicted molar refractivity (Wildman–Crippen MR) is 405 cm³/mol. The van der Waals surface area contributed by atoms with E-state index in [1.54, 1.807) is 0 Å². The van der Waals surface area contributed by atoms with E-state index in [1.165, 1.54) is 231 Å². The average Bonchev–Trinajstić information content (AvgIpc) is 0.957. The molecular weight excluding hydrogens is 1290 g/mol. The van der Waals surface area contributed by atoms with Crippen molar-refractivity contribution in [2.75, 3.05) is 39.6 Å². The van der Waals surface area contributed by atoms with Gasteiger partial charge in [0.05, 0.1) is 26.4 Å². The number of phosphoric ester groups is 2. The third kappa shape index (κ3) is 72.8. The van der Waals surface area contributed by atoms with Gasteiger partial charge in [0.15, 0.2) is 12.2 Å². The molecule has 0 fully saturated rings. The molecule has 0 aliphatic rings. The molecule has 17 nitrogen and oxygen atoms in total. The Morgan fingerprint density at radius 1 is 0.293 bits per heavy atom. The van der Waals surface area contributed by atoms with Gasteiger partial charge in [-0.05, 0) is 37.5 Å². The highest BCUT2D eigenvalue weighted by atomic mass is 31.2. The minimum absolute atomic E-state index is 0.108. The lowest BCUT2D eigenvalue weighted by Gasteiger charge is -2.21. The quantitative estimate of drug-likeness (QED) is 0.0222. The topological polar surface area (TPSA) is 237 Å². The van der Waals surface area contributed by atoms with Crippen molar-refractivity contribution in [2.45, 2.75) is 439 Å². The summed E-state index contributed by atoms with van der Waals surface area (Å²) in [5.41, 5.74) is 0. The molecule has 0 heterocycles. The zero-order valence-corrected chi connectivity index (χ0v) is 66.6. The molecule has 588 valence electrons. The highest BCUT2D eigenvalue weighted by molar-refractivity contribution is 7.47. The molecule has 6 atom stereocenters. The molecule has 0 aromatic carbocycles. The van der Waals surface area contributed by atoms with E-state index in [9.17, 15) is 43.2 Å². The number of carbonyl (C=O) groups excluding carboxylic acids is 4. The highest BCUT2D eigenvalue weighted by Crippen LogP contribution is 2.45. The summed E-state index contributed by atoms with van der Waals surface area (Å²) in [6.45, 7) is 9.62. The van der Waals surface area contributed by atoms with Crippen LogP contribution in [0.25, 0.3) is 0 Å². The van der Waals surface area contributed by atoms with Crippen molar-refractivity contribution >= 4 is 39.5 Å². The molecule has 0 rings (SSSR count). The lowest BCUT2D eigenvalue weighted by Crippen LogP contribution is -2.30. The Hall–Kier alpha value is -1.94. The van der Waals surface area contributed by atoms with Gasteiger partial charge in [0, 0.05) is 25.7 Å². The molecule has 19 heteroatoms. The van der Waals surface area contributed by atoms with Crippen molar-refractivity contribution in [3.63, 3.8) is 0 Å². The molecule has 0 saturated carbocycles. The molecule has 0 aromatic heterocycles. The minimum Gasteiger partial charge on any atom is -0.462 e. The zero-order valence-electron chi connectivity index (χ0n) is 64.8. The minimum atomic E-state index is -4.96. The molecule has 3 unspecified atom stereocenters. The van der Waals surface area contributed by atoms with Crippen LogP contribution in [0.5, 0.6) is 0 Å². The number of ether oxygens (including phenoxy) is 4. The molecule has 3 N–H and O–H groups in total. The zero-order chi connectivity index (χ0) is 72.8. The van der Waals surface area contributed by atoms with E-state index < -0.39 is 97.5 Å². The summed E-state index contributed by atoms with van der Waals surface area (Å²) in [5, 5.41) is 10.6. The Bertz CT molecular complexity index is 1910. The first kappa shape index (κ1) is 97.1. The number of esters is 4. The molecule has 0 aliphatic carbocycles. The van der Waals surface area contributed by atoms with E-state index in [0.717, 1.165) is 108 Å². The lowest BCUT2D eigenvalue weighted by molar-refractivity contribution is -0.161. The predicted octanol–water partition coefficient (Wildman–Crippen LogP) is 23.9. The van der Waals surface area contributed by atoms with E-state index in [0.29, 0.717) is 25.7 Å². The van der Waals surface area contributed by atoms with Gasteiger partial charge < -0.3 is 33.8 Å². The van der Waals surface area contributed by atoms with Crippen LogP contribution in [0.4, 0.5) is 0 Å². The van der Waals surface area contributed by atoms with Gasteiger partial charge in [-0.1, -0.05) is 369 Å². The van der Waals surface area contributed by atoms with Crippen LogP contribution in [0.1, 0.15) is 420 Å². The maximum Gasteiger partial charge on any atom is 0.472 e. The Balaban J connectivity index is 5.25. The van der Waals surface area contributed by atoms with Gasteiger partial charge in [-0.2, -0.15) is 0 Å². The van der Waals surface area contributed by atoms with Crippen LogP contribution in [0.3, 0.4) is 0 Å². The first-order chi connectivity index (χ1) is 47.9. The third-order valence-corrected chi connectivity index (χ3v) is 21.0. The van der Waals surface area contributed by atoms with Gasteiger partial charge >= 0.3 is 39.5 Å². The van der Waals surface area contributed by atoms with E-state index >= 15 is 0 Å². The lowest BCUT2D eigenvalue weighted by atomic mass is 10.00. The van der Waals surface area contributed by atoms with E-state index in [1.807, 2.05) is 0 Å². The Morgan fingerprint density at radius 2 is 0.515 bits per heavy atom. The smallest absolute Gasteiger partial charge is 0.462 e. The number of aliphatic hydroxyl groups excluding tert-OH is 1. The SMILES string of the molecule is CCCCCCCCCCCCCCCCCCC(=O)OC[C@H](COP(=O)(O)OC[C@@H](O)COP(=O)(O)OC[C@@H](COC(=O)CCCCCCCCC(C)CC)OC(=O)CCCCCCCCCCCCCCCCCC)OC(=O)CCCCCCCCCCCCCCCCC(C)C. The second-order valence-corrected chi connectivity index (χ2v) is 32.4. The van der Waals surface area contributed by atoms with Crippen LogP contribution in [-0.2, 0) is 65.4 Å². The number of hydrogen-bond acceptors (Lipinski definition) is 15. The number of aliphatic hydroxyl groups is 1. The van der Waals surface area contributed by atoms with Gasteiger partial charge in [-0.15, -0.1) is 0 Å². The monoisotopic (exact) mass is 1450 g/mol. The standard InChI is InChI=1S/C80H156O17P2/c1-7-10-12-14-16-18-20-22-24-26-31-35-39-43-50-56-62-77(82)90-68-75(96-79(84)64-59-53-45-41-37-33-29-28-30-34-38-42-48-54-60-72(4)5)70-94-98(86,87)92-66-74(81)67-93-99(88,89)95-71-76(69-91-78(83)63-57-51-47-46-49-55-61-73(6)9-3)97-80(85)65-58-52-44-40-36-32-27-25-23-21-19-17-15-13-11-8-2/h72-76,81H,7-71H2,1-6H3,(H,86,87)(H,88,89)/t73?,74-,75-,76-/m1/s1. The number of rotatable bonds is 79. The number of carbonyl (C=O) groups is 4. The number of phosphoric acid groups is 2. The fraction of sp³-hybridized carbons (Fsp3) is 0.950. The van der Waals surface area contributed by atoms with Crippen LogP contribution in [0.2, 0.25) is 0 Å². The molecule has 0 bridgehead atoms. The molecule has 0 aliphatic heterocycles. The van der Waals surface area contributed by atoms with Gasteiger partial charge in [-0.3, -0.25) is 37.3 Å². The second kappa shape index (κ2) is 71.7. The fourth-order valence-corrected chi connectivity index (χ4v) is 13.9. The van der Waals surface area contributed by atoms with E-state index in [2.05, 4.69) is 41.5 Å². The summed E-state index contributed by atoms with van der Waals surface area (Å²) in [4.78, 5) is 73.0. The molecular formula is C80H156O17P2. The van der Waals surface area contributed by atoms with Crippen molar-refractivity contribution in [2.24, 2.45) is 11.8 Å². The molecule has 99 heavy (non-hydrogen) atoms. The van der Waals surface area contributed by atoms with E-state index in [-0.39, 0.29) is 25.7 Å². The Morgan fingerprint density at radius 3 is 0.768 bits per heavy atom. The number of hydrogen-bond donors (Lipinski definition) is 3. The summed E-state index contributed by atoms with van der Waals surface area (Å²) in [6.07, 6.45) is 61.0. The van der Waals surface area contributed by atoms with Crippen molar-refractivity contribution in [3.05, 3.63) is 0 Å². The van der Waals surface area contributed by atoms with Crippen LogP contribution in [0.15, 0.2) is 0 Å². The molecule has 0 spiro atoms. The van der Waals surface area contributed by atoms with Crippen LogP contribution in [-0.4, -0.2) is 96.7 Å². The molecule has 0 amide bonds. The Labute approximate surface area is 607 Å². The average molecular weight is 1450 g/mol. The van der Waals surface area contributed by atoms with Gasteiger partial charge in [0.1, 0.15) is 19.3 Å². The second-order valence-electron chi connectivity index (χ2n) is 29.5.